The van der Waals surface area contributed by atoms with Gasteiger partial charge in [-0.3, -0.25) is 4.79 Å². The van der Waals surface area contributed by atoms with Crippen molar-refractivity contribution in [2.24, 2.45) is 5.41 Å². The normalized spacial score (nSPS) is 22.3. The third-order valence-corrected chi connectivity index (χ3v) is 3.79. The number of ether oxygens (including phenoxy) is 1. The quantitative estimate of drug-likeness (QED) is 0.867. The molecule has 20 heavy (non-hydrogen) atoms. The third-order valence-electron chi connectivity index (χ3n) is 3.79. The Bertz CT molecular complexity index is 454. The number of nitrogens with one attached hydrogen (secondary N) is 2. The first-order chi connectivity index (χ1) is 9.64. The van der Waals surface area contributed by atoms with E-state index >= 15 is 0 Å². The molecule has 1 aromatic carbocycles. The minimum Gasteiger partial charge on any atom is -0.493 e. The summed E-state index contributed by atoms with van der Waals surface area (Å²) in [5.41, 5.74) is 0.760. The van der Waals surface area contributed by atoms with Gasteiger partial charge in [-0.2, -0.15) is 0 Å². The van der Waals surface area contributed by atoms with Gasteiger partial charge in [-0.1, -0.05) is 19.1 Å². The van der Waals surface area contributed by atoms with Gasteiger partial charge < -0.3 is 15.4 Å². The van der Waals surface area contributed by atoms with Crippen LogP contribution in [0.4, 0.5) is 0 Å². The molecule has 0 aliphatic carbocycles. The van der Waals surface area contributed by atoms with E-state index in [1.165, 1.54) is 6.42 Å². The predicted molar refractivity (Wildman–Crippen MR) is 80.2 cm³/mol. The van der Waals surface area contributed by atoms with E-state index in [1.54, 1.807) is 0 Å². The van der Waals surface area contributed by atoms with Crippen LogP contribution in [0.15, 0.2) is 24.3 Å². The molecule has 1 aromatic rings. The van der Waals surface area contributed by atoms with Gasteiger partial charge in [-0.15, -0.1) is 0 Å². The summed E-state index contributed by atoms with van der Waals surface area (Å²) in [5.74, 6) is 0.597. The summed E-state index contributed by atoms with van der Waals surface area (Å²) >= 11 is 0. The van der Waals surface area contributed by atoms with Crippen molar-refractivity contribution in [1.29, 1.82) is 0 Å². The van der Waals surface area contributed by atoms with Crippen LogP contribution in [0.1, 0.15) is 37.0 Å². The van der Waals surface area contributed by atoms with Crippen LogP contribution in [-0.2, 0) is 0 Å². The molecule has 0 saturated carbocycles. The maximum atomic E-state index is 12.3. The molecule has 2 N–H and O–H groups in total. The zero-order valence-corrected chi connectivity index (χ0v) is 12.4. The summed E-state index contributed by atoms with van der Waals surface area (Å²) in [7, 11) is 0. The molecular weight excluding hydrogens is 252 g/mol. The van der Waals surface area contributed by atoms with Crippen LogP contribution in [0.5, 0.6) is 5.75 Å². The molecule has 0 bridgehead atoms. The topological polar surface area (TPSA) is 50.4 Å². The zero-order chi connectivity index (χ0) is 14.4. The van der Waals surface area contributed by atoms with Gasteiger partial charge in [-0.05, 0) is 43.9 Å². The lowest BCUT2D eigenvalue weighted by Gasteiger charge is -2.34. The number of benzene rings is 1. The SMILES string of the molecule is CCOc1ccccc1C(=O)NCC1(C)CCCNC1. The molecule has 2 rings (SSSR count). The van der Waals surface area contributed by atoms with Gasteiger partial charge in [-0.25, -0.2) is 0 Å². The summed E-state index contributed by atoms with van der Waals surface area (Å²) in [4.78, 5) is 12.3. The Morgan fingerprint density at radius 1 is 1.45 bits per heavy atom. The van der Waals surface area contributed by atoms with Crippen LogP contribution in [-0.4, -0.2) is 32.1 Å². The molecule has 0 spiro atoms. The van der Waals surface area contributed by atoms with E-state index in [9.17, 15) is 4.79 Å². The summed E-state index contributed by atoms with van der Waals surface area (Å²) in [5, 5.41) is 6.44. The summed E-state index contributed by atoms with van der Waals surface area (Å²) in [6.07, 6.45) is 2.31. The van der Waals surface area contributed by atoms with Gasteiger partial charge in [0.25, 0.3) is 5.91 Å². The van der Waals surface area contributed by atoms with Crippen LogP contribution in [0, 0.1) is 5.41 Å². The average molecular weight is 276 g/mol. The molecule has 0 radical (unpaired) electrons. The van der Waals surface area contributed by atoms with E-state index in [2.05, 4.69) is 17.6 Å². The highest BCUT2D eigenvalue weighted by Crippen LogP contribution is 2.25. The van der Waals surface area contributed by atoms with Crippen molar-refractivity contribution >= 4 is 5.91 Å². The van der Waals surface area contributed by atoms with Crippen LogP contribution in [0.2, 0.25) is 0 Å². The van der Waals surface area contributed by atoms with E-state index in [1.807, 2.05) is 31.2 Å². The number of carbonyl (C=O) groups excluding carboxylic acids is 1. The number of hydrogen-bond acceptors (Lipinski definition) is 3. The average Bonchev–Trinajstić information content (AvgIpc) is 2.47. The molecular formula is C16H24N2O2. The van der Waals surface area contributed by atoms with E-state index in [-0.39, 0.29) is 11.3 Å². The van der Waals surface area contributed by atoms with Crippen LogP contribution < -0.4 is 15.4 Å². The third kappa shape index (κ3) is 3.73. The van der Waals surface area contributed by atoms with Gasteiger partial charge in [0, 0.05) is 13.1 Å². The van der Waals surface area contributed by atoms with Crippen molar-refractivity contribution < 1.29 is 9.53 Å². The van der Waals surface area contributed by atoms with Crippen molar-refractivity contribution in [2.45, 2.75) is 26.7 Å². The van der Waals surface area contributed by atoms with Crippen molar-refractivity contribution in [3.8, 4) is 5.75 Å². The second-order valence-corrected chi connectivity index (χ2v) is 5.70. The monoisotopic (exact) mass is 276 g/mol. The largest absolute Gasteiger partial charge is 0.493 e. The first-order valence-electron chi connectivity index (χ1n) is 7.35. The second kappa shape index (κ2) is 6.75. The Hall–Kier alpha value is -1.55. The first-order valence-corrected chi connectivity index (χ1v) is 7.35. The zero-order valence-electron chi connectivity index (χ0n) is 12.4. The molecule has 1 aliphatic heterocycles. The summed E-state index contributed by atoms with van der Waals surface area (Å²) < 4.78 is 5.50. The standard InChI is InChI=1S/C16H24N2O2/c1-3-20-14-8-5-4-7-13(14)15(19)18-12-16(2)9-6-10-17-11-16/h4-5,7-8,17H,3,6,9-12H2,1-2H3,(H,18,19). The molecule has 4 nitrogen and oxygen atoms in total. The lowest BCUT2D eigenvalue weighted by Crippen LogP contribution is -2.45. The van der Waals surface area contributed by atoms with E-state index < -0.39 is 0 Å². The Morgan fingerprint density at radius 2 is 2.25 bits per heavy atom. The Morgan fingerprint density at radius 3 is 2.95 bits per heavy atom. The van der Waals surface area contributed by atoms with Crippen molar-refractivity contribution in [2.75, 3.05) is 26.2 Å². The second-order valence-electron chi connectivity index (χ2n) is 5.70. The lowest BCUT2D eigenvalue weighted by atomic mass is 9.83. The number of carbonyl (C=O) groups is 1. The molecule has 1 amide bonds. The maximum absolute atomic E-state index is 12.3. The van der Waals surface area contributed by atoms with Gasteiger partial charge in [0.1, 0.15) is 5.75 Å². The van der Waals surface area contributed by atoms with Crippen molar-refractivity contribution in [3.63, 3.8) is 0 Å². The highest BCUT2D eigenvalue weighted by Gasteiger charge is 2.27. The molecule has 1 atom stereocenters. The van der Waals surface area contributed by atoms with Gasteiger partial charge in [0.2, 0.25) is 0 Å². The van der Waals surface area contributed by atoms with E-state index in [0.29, 0.717) is 24.5 Å². The van der Waals surface area contributed by atoms with Crippen LogP contribution in [0.3, 0.4) is 0 Å². The Kier molecular flexibility index (Phi) is 5.01. The number of rotatable bonds is 5. The summed E-state index contributed by atoms with van der Waals surface area (Å²) in [6, 6.07) is 7.39. The number of hydrogen-bond donors (Lipinski definition) is 2. The summed E-state index contributed by atoms with van der Waals surface area (Å²) in [6.45, 7) is 7.43. The van der Waals surface area contributed by atoms with Crippen LogP contribution in [0.25, 0.3) is 0 Å². The minimum atomic E-state index is -0.0548. The Labute approximate surface area is 120 Å². The number of amides is 1. The predicted octanol–water partition coefficient (Wildman–Crippen LogP) is 2.20. The molecule has 1 fully saturated rings. The number of para-hydroxylation sites is 1. The Balaban J connectivity index is 1.98. The molecule has 1 saturated heterocycles. The number of piperidine rings is 1. The molecule has 110 valence electrons. The van der Waals surface area contributed by atoms with Crippen molar-refractivity contribution in [1.82, 2.24) is 10.6 Å². The highest BCUT2D eigenvalue weighted by molar-refractivity contribution is 5.96. The van der Waals surface area contributed by atoms with Gasteiger partial charge in [0.15, 0.2) is 0 Å². The first kappa shape index (κ1) is 14.9. The molecule has 1 heterocycles. The molecule has 4 heteroatoms. The maximum Gasteiger partial charge on any atom is 0.255 e. The molecule has 0 aromatic heterocycles. The fraction of sp³-hybridized carbons (Fsp3) is 0.562. The fourth-order valence-electron chi connectivity index (χ4n) is 2.59. The lowest BCUT2D eigenvalue weighted by molar-refractivity contribution is 0.0921. The highest BCUT2D eigenvalue weighted by atomic mass is 16.5. The van der Waals surface area contributed by atoms with E-state index in [4.69, 9.17) is 4.74 Å². The van der Waals surface area contributed by atoms with Crippen LogP contribution >= 0.6 is 0 Å². The molecule has 1 unspecified atom stereocenters. The van der Waals surface area contributed by atoms with E-state index in [0.717, 1.165) is 19.5 Å². The molecule has 1 aliphatic rings. The fourth-order valence-corrected chi connectivity index (χ4v) is 2.59. The van der Waals surface area contributed by atoms with Gasteiger partial charge in [0.05, 0.1) is 12.2 Å². The van der Waals surface area contributed by atoms with Crippen molar-refractivity contribution in [3.05, 3.63) is 29.8 Å². The smallest absolute Gasteiger partial charge is 0.255 e. The minimum absolute atomic E-state index is 0.0548. The van der Waals surface area contributed by atoms with Gasteiger partial charge >= 0.3 is 0 Å².